The Morgan fingerprint density at radius 3 is 2.54 bits per heavy atom. The number of carboxylic acids is 1. The molecule has 80 valence electrons. The molecule has 2 unspecified atom stereocenters. The maximum Gasteiger partial charge on any atom is 0.320 e. The Balaban J connectivity index is 0. The number of piperidine rings is 1. The first kappa shape index (κ1) is 15.4. The number of nitrogens with one attached hydrogen (secondary N) is 1. The van der Waals surface area contributed by atoms with Gasteiger partial charge in [-0.25, -0.2) is 0 Å². The van der Waals surface area contributed by atoms with Crippen LogP contribution in [0.25, 0.3) is 0 Å². The number of aliphatic carboxylic acids is 1. The summed E-state index contributed by atoms with van der Waals surface area (Å²) in [5.41, 5.74) is 5.41. The van der Waals surface area contributed by atoms with Crippen LogP contribution >= 0.6 is 24.8 Å². The van der Waals surface area contributed by atoms with Gasteiger partial charge < -0.3 is 16.2 Å². The van der Waals surface area contributed by atoms with E-state index in [0.29, 0.717) is 6.54 Å². The number of hydrogen-bond donors (Lipinski definition) is 3. The molecule has 0 spiro atoms. The van der Waals surface area contributed by atoms with Gasteiger partial charge >= 0.3 is 5.97 Å². The molecule has 0 saturated carbocycles. The molecule has 1 fully saturated rings. The molecule has 0 bridgehead atoms. The molecule has 1 aliphatic rings. The van der Waals surface area contributed by atoms with Crippen molar-refractivity contribution >= 4 is 30.8 Å². The Morgan fingerprint density at radius 1 is 1.46 bits per heavy atom. The molecule has 1 saturated heterocycles. The molecule has 6 heteroatoms. The maximum atomic E-state index is 10.5. The van der Waals surface area contributed by atoms with E-state index in [-0.39, 0.29) is 36.9 Å². The van der Waals surface area contributed by atoms with Gasteiger partial charge in [-0.05, 0) is 19.3 Å². The number of rotatable bonds is 2. The fourth-order valence-electron chi connectivity index (χ4n) is 1.40. The smallest absolute Gasteiger partial charge is 0.320 e. The molecule has 0 aromatic carbocycles. The summed E-state index contributed by atoms with van der Waals surface area (Å²) in [6, 6.07) is -0.179. The van der Waals surface area contributed by atoms with Crippen LogP contribution in [0.5, 0.6) is 0 Å². The monoisotopic (exact) mass is 230 g/mol. The zero-order valence-corrected chi connectivity index (χ0v) is 8.87. The number of hydrogen-bond acceptors (Lipinski definition) is 3. The van der Waals surface area contributed by atoms with E-state index in [1.54, 1.807) is 0 Å². The van der Waals surface area contributed by atoms with E-state index in [0.717, 1.165) is 19.3 Å². The Bertz CT molecular complexity index is 157. The van der Waals surface area contributed by atoms with Gasteiger partial charge in [0.2, 0.25) is 0 Å². The van der Waals surface area contributed by atoms with Gasteiger partial charge in [0, 0.05) is 12.6 Å². The molecule has 2 atom stereocenters. The predicted molar refractivity (Wildman–Crippen MR) is 55.7 cm³/mol. The predicted octanol–water partition coefficient (Wildman–Crippen LogP) is 0.384. The molecule has 1 heterocycles. The highest BCUT2D eigenvalue weighted by atomic mass is 35.5. The van der Waals surface area contributed by atoms with E-state index in [4.69, 9.17) is 10.8 Å². The van der Waals surface area contributed by atoms with Crippen molar-refractivity contribution in [2.45, 2.75) is 31.3 Å². The molecule has 0 radical (unpaired) electrons. The van der Waals surface area contributed by atoms with Crippen LogP contribution in [0.3, 0.4) is 0 Å². The van der Waals surface area contributed by atoms with Gasteiger partial charge in [-0.1, -0.05) is 0 Å². The third kappa shape index (κ3) is 4.67. The van der Waals surface area contributed by atoms with Crippen molar-refractivity contribution in [3.63, 3.8) is 0 Å². The van der Waals surface area contributed by atoms with Crippen molar-refractivity contribution in [1.29, 1.82) is 0 Å². The molecule has 1 rings (SSSR count). The lowest BCUT2D eigenvalue weighted by atomic mass is 9.99. The van der Waals surface area contributed by atoms with Crippen LogP contribution in [-0.2, 0) is 4.79 Å². The van der Waals surface area contributed by atoms with Crippen LogP contribution in [-0.4, -0.2) is 29.7 Å². The van der Waals surface area contributed by atoms with Crippen LogP contribution < -0.4 is 11.1 Å². The summed E-state index contributed by atoms with van der Waals surface area (Å²) in [5, 5.41) is 11.6. The van der Waals surface area contributed by atoms with Gasteiger partial charge in [-0.15, -0.1) is 24.8 Å². The number of carboxylic acid groups (broad SMARTS) is 1. The highest BCUT2D eigenvalue weighted by molar-refractivity contribution is 5.85. The molecule has 4 N–H and O–H groups in total. The highest BCUT2D eigenvalue weighted by Gasteiger charge is 2.24. The molecular weight excluding hydrogens is 215 g/mol. The third-order valence-electron chi connectivity index (χ3n) is 2.06. The standard InChI is InChI=1S/C7H14N2O2.2ClH/c8-4-5-2-1-3-6(9-5)7(10)11;;/h5-6,9H,1-4,8H2,(H,10,11);2*1H. The Hall–Kier alpha value is -0.0300. The minimum absolute atomic E-state index is 0. The molecular formula is C7H16Cl2N2O2. The van der Waals surface area contributed by atoms with E-state index in [9.17, 15) is 4.79 Å². The Kier molecular flexibility index (Phi) is 8.77. The van der Waals surface area contributed by atoms with E-state index in [2.05, 4.69) is 5.32 Å². The number of halogens is 2. The van der Waals surface area contributed by atoms with E-state index >= 15 is 0 Å². The minimum Gasteiger partial charge on any atom is -0.480 e. The average Bonchev–Trinajstić information content (AvgIpc) is 2.05. The summed E-state index contributed by atoms with van der Waals surface area (Å²) < 4.78 is 0. The van der Waals surface area contributed by atoms with Crippen LogP contribution in [0.15, 0.2) is 0 Å². The van der Waals surface area contributed by atoms with Gasteiger partial charge in [0.05, 0.1) is 0 Å². The topological polar surface area (TPSA) is 75.4 Å². The molecule has 0 aromatic heterocycles. The third-order valence-corrected chi connectivity index (χ3v) is 2.06. The average molecular weight is 231 g/mol. The molecule has 4 nitrogen and oxygen atoms in total. The van der Waals surface area contributed by atoms with Crippen LogP contribution in [0.1, 0.15) is 19.3 Å². The largest absolute Gasteiger partial charge is 0.480 e. The van der Waals surface area contributed by atoms with Gasteiger partial charge in [0.15, 0.2) is 0 Å². The van der Waals surface area contributed by atoms with Crippen molar-refractivity contribution in [2.24, 2.45) is 5.73 Å². The summed E-state index contributed by atoms with van der Waals surface area (Å²) in [7, 11) is 0. The Morgan fingerprint density at radius 2 is 2.08 bits per heavy atom. The minimum atomic E-state index is -0.761. The van der Waals surface area contributed by atoms with Crippen molar-refractivity contribution in [1.82, 2.24) is 5.32 Å². The van der Waals surface area contributed by atoms with Crippen LogP contribution in [0, 0.1) is 0 Å². The lowest BCUT2D eigenvalue weighted by molar-refractivity contribution is -0.140. The summed E-state index contributed by atoms with van der Waals surface area (Å²) >= 11 is 0. The second-order valence-electron chi connectivity index (χ2n) is 2.92. The van der Waals surface area contributed by atoms with Crippen molar-refractivity contribution < 1.29 is 9.90 Å². The molecule has 13 heavy (non-hydrogen) atoms. The zero-order chi connectivity index (χ0) is 8.27. The van der Waals surface area contributed by atoms with Crippen molar-refractivity contribution in [2.75, 3.05) is 6.54 Å². The summed E-state index contributed by atoms with van der Waals surface area (Å²) in [6.45, 7) is 0.532. The van der Waals surface area contributed by atoms with Crippen LogP contribution in [0.4, 0.5) is 0 Å². The molecule has 0 aromatic rings. The summed E-state index contributed by atoms with van der Waals surface area (Å²) in [5.74, 6) is -0.761. The SMILES string of the molecule is Cl.Cl.NCC1CCCC(C(=O)O)N1. The quantitative estimate of drug-likeness (QED) is 0.642. The first-order chi connectivity index (χ1) is 5.24. The number of carbonyl (C=O) groups is 1. The highest BCUT2D eigenvalue weighted by Crippen LogP contribution is 2.11. The van der Waals surface area contributed by atoms with Crippen LogP contribution in [0.2, 0.25) is 0 Å². The normalized spacial score (nSPS) is 26.8. The molecule has 1 aliphatic heterocycles. The lowest BCUT2D eigenvalue weighted by Crippen LogP contribution is -2.49. The van der Waals surface area contributed by atoms with Crippen molar-refractivity contribution in [3.05, 3.63) is 0 Å². The van der Waals surface area contributed by atoms with E-state index < -0.39 is 5.97 Å². The first-order valence-corrected chi connectivity index (χ1v) is 3.93. The van der Waals surface area contributed by atoms with Gasteiger partial charge in [0.1, 0.15) is 6.04 Å². The fourth-order valence-corrected chi connectivity index (χ4v) is 1.40. The van der Waals surface area contributed by atoms with Crippen molar-refractivity contribution in [3.8, 4) is 0 Å². The van der Waals surface area contributed by atoms with E-state index in [1.165, 1.54) is 0 Å². The maximum absolute atomic E-state index is 10.5. The van der Waals surface area contributed by atoms with Gasteiger partial charge in [0.25, 0.3) is 0 Å². The molecule has 0 aliphatic carbocycles. The summed E-state index contributed by atoms with van der Waals surface area (Å²) in [4.78, 5) is 10.5. The second-order valence-corrected chi connectivity index (χ2v) is 2.92. The lowest BCUT2D eigenvalue weighted by Gasteiger charge is -2.27. The Labute approximate surface area is 90.1 Å². The molecule has 0 amide bonds. The second kappa shape index (κ2) is 7.38. The first-order valence-electron chi connectivity index (χ1n) is 3.93. The fraction of sp³-hybridized carbons (Fsp3) is 0.857. The number of nitrogens with two attached hydrogens (primary N) is 1. The summed E-state index contributed by atoms with van der Waals surface area (Å²) in [6.07, 6.45) is 2.69. The van der Waals surface area contributed by atoms with E-state index in [1.807, 2.05) is 0 Å². The van der Waals surface area contributed by atoms with Gasteiger partial charge in [-0.2, -0.15) is 0 Å². The zero-order valence-electron chi connectivity index (χ0n) is 7.23. The van der Waals surface area contributed by atoms with Gasteiger partial charge in [-0.3, -0.25) is 4.79 Å².